The van der Waals surface area contributed by atoms with E-state index in [0.29, 0.717) is 10.7 Å². The van der Waals surface area contributed by atoms with Crippen molar-refractivity contribution in [1.29, 1.82) is 0 Å². The van der Waals surface area contributed by atoms with E-state index in [9.17, 15) is 18.0 Å². The zero-order chi connectivity index (χ0) is 18.2. The van der Waals surface area contributed by atoms with Gasteiger partial charge in [-0.2, -0.15) is 18.3 Å². The van der Waals surface area contributed by atoms with Gasteiger partial charge in [0.15, 0.2) is 4.96 Å². The van der Waals surface area contributed by atoms with Crippen LogP contribution in [-0.2, 0) is 12.7 Å². The smallest absolute Gasteiger partial charge is 0.350 e. The number of nitrogens with one attached hydrogen (secondary N) is 1. The standard InChI is InChI=1S/C15H16F3N5OS/c1-9(7-23-12(15(16,17)18)5-10(2)21-23)6-19-13(24)11-8-22-3-4-25-14(22)20-11/h3-5,8-9H,6-7H2,1-2H3,(H,19,24)/t9-/m0/s1. The number of carbonyl (C=O) groups is 1. The van der Waals surface area contributed by atoms with Crippen molar-refractivity contribution in [3.8, 4) is 0 Å². The highest BCUT2D eigenvalue weighted by atomic mass is 32.1. The van der Waals surface area contributed by atoms with E-state index in [-0.39, 0.29) is 30.6 Å². The summed E-state index contributed by atoms with van der Waals surface area (Å²) in [4.78, 5) is 17.0. The lowest BCUT2D eigenvalue weighted by atomic mass is 10.2. The molecule has 0 bridgehead atoms. The number of aryl methyl sites for hydroxylation is 1. The monoisotopic (exact) mass is 371 g/mol. The van der Waals surface area contributed by atoms with Gasteiger partial charge in [-0.05, 0) is 18.9 Å². The first-order chi connectivity index (χ1) is 11.7. The van der Waals surface area contributed by atoms with Crippen molar-refractivity contribution in [1.82, 2.24) is 24.5 Å². The molecule has 0 aliphatic heterocycles. The average Bonchev–Trinajstić information content (AvgIpc) is 3.18. The van der Waals surface area contributed by atoms with Crippen molar-refractivity contribution in [3.63, 3.8) is 0 Å². The number of halogens is 3. The van der Waals surface area contributed by atoms with E-state index in [1.165, 1.54) is 18.3 Å². The maximum Gasteiger partial charge on any atom is 0.433 e. The maximum atomic E-state index is 13.0. The number of imidazole rings is 1. The minimum absolute atomic E-state index is 0.0568. The summed E-state index contributed by atoms with van der Waals surface area (Å²) in [5, 5.41) is 8.45. The number of aromatic nitrogens is 4. The number of rotatable bonds is 5. The number of hydrogen-bond donors (Lipinski definition) is 1. The molecule has 3 aromatic heterocycles. The molecule has 0 saturated heterocycles. The third-order valence-electron chi connectivity index (χ3n) is 3.61. The van der Waals surface area contributed by atoms with Crippen molar-refractivity contribution in [2.75, 3.05) is 6.54 Å². The fourth-order valence-electron chi connectivity index (χ4n) is 2.47. The second-order valence-electron chi connectivity index (χ2n) is 5.89. The second kappa shape index (κ2) is 6.51. The highest BCUT2D eigenvalue weighted by molar-refractivity contribution is 7.15. The lowest BCUT2D eigenvalue weighted by Crippen LogP contribution is -2.31. The van der Waals surface area contributed by atoms with Gasteiger partial charge in [-0.25, -0.2) is 4.98 Å². The molecule has 0 saturated carbocycles. The van der Waals surface area contributed by atoms with Crippen molar-refractivity contribution in [2.24, 2.45) is 5.92 Å². The number of hydrogen-bond acceptors (Lipinski definition) is 4. The van der Waals surface area contributed by atoms with Crippen LogP contribution in [0.1, 0.15) is 28.8 Å². The van der Waals surface area contributed by atoms with Crippen LogP contribution < -0.4 is 5.32 Å². The molecule has 3 rings (SSSR count). The molecule has 0 aromatic carbocycles. The summed E-state index contributed by atoms with van der Waals surface area (Å²) in [5.41, 5.74) is -0.191. The third-order valence-corrected chi connectivity index (χ3v) is 4.38. The van der Waals surface area contributed by atoms with E-state index in [1.54, 1.807) is 23.7 Å². The van der Waals surface area contributed by atoms with Gasteiger partial charge < -0.3 is 5.32 Å². The Hall–Kier alpha value is -2.36. The fraction of sp³-hybridized carbons (Fsp3) is 0.400. The normalized spacial score (nSPS) is 13.3. The largest absolute Gasteiger partial charge is 0.433 e. The van der Waals surface area contributed by atoms with Gasteiger partial charge in [-0.15, -0.1) is 11.3 Å². The quantitative estimate of drug-likeness (QED) is 0.750. The lowest BCUT2D eigenvalue weighted by molar-refractivity contribution is -0.144. The first-order valence-corrected chi connectivity index (χ1v) is 8.44. The highest BCUT2D eigenvalue weighted by Gasteiger charge is 2.35. The van der Waals surface area contributed by atoms with Gasteiger partial charge >= 0.3 is 6.18 Å². The van der Waals surface area contributed by atoms with Crippen molar-refractivity contribution in [3.05, 3.63) is 40.9 Å². The summed E-state index contributed by atoms with van der Waals surface area (Å²) >= 11 is 1.41. The first kappa shape index (κ1) is 17.5. The third kappa shape index (κ3) is 3.84. The molecule has 3 heterocycles. The maximum absolute atomic E-state index is 13.0. The molecule has 3 aromatic rings. The summed E-state index contributed by atoms with van der Waals surface area (Å²) < 4.78 is 41.6. The second-order valence-corrected chi connectivity index (χ2v) is 6.76. The summed E-state index contributed by atoms with van der Waals surface area (Å²) in [6.07, 6.45) is -1.04. The molecule has 1 N–H and O–H groups in total. The minimum atomic E-state index is -4.45. The predicted molar refractivity (Wildman–Crippen MR) is 86.5 cm³/mol. The number of thiazole rings is 1. The van der Waals surface area contributed by atoms with E-state index in [4.69, 9.17) is 0 Å². The zero-order valence-corrected chi connectivity index (χ0v) is 14.4. The highest BCUT2D eigenvalue weighted by Crippen LogP contribution is 2.30. The van der Waals surface area contributed by atoms with Gasteiger partial charge in [0.05, 0.1) is 5.69 Å². The van der Waals surface area contributed by atoms with E-state index >= 15 is 0 Å². The Kier molecular flexibility index (Phi) is 4.55. The fourth-order valence-corrected chi connectivity index (χ4v) is 3.17. The van der Waals surface area contributed by atoms with Crippen LogP contribution in [0.4, 0.5) is 13.2 Å². The topological polar surface area (TPSA) is 64.2 Å². The van der Waals surface area contributed by atoms with Crippen molar-refractivity contribution >= 4 is 22.2 Å². The Bertz CT molecular complexity index is 866. The van der Waals surface area contributed by atoms with Gasteiger partial charge in [0, 0.05) is 30.9 Å². The van der Waals surface area contributed by atoms with Crippen LogP contribution in [0.25, 0.3) is 4.96 Å². The van der Waals surface area contributed by atoms with Crippen LogP contribution in [0.3, 0.4) is 0 Å². The Morgan fingerprint density at radius 3 is 2.88 bits per heavy atom. The SMILES string of the molecule is Cc1cc(C(F)(F)F)n(C[C@@H](C)CNC(=O)c2cn3ccsc3n2)n1. The van der Waals surface area contributed by atoms with E-state index in [2.05, 4.69) is 15.4 Å². The molecular formula is C15H16F3N5OS. The van der Waals surface area contributed by atoms with E-state index < -0.39 is 11.9 Å². The van der Waals surface area contributed by atoms with Gasteiger partial charge in [-0.1, -0.05) is 6.92 Å². The Balaban J connectivity index is 1.60. The van der Waals surface area contributed by atoms with Crippen molar-refractivity contribution in [2.45, 2.75) is 26.6 Å². The Labute approximate surface area is 145 Å². The van der Waals surface area contributed by atoms with Gasteiger partial charge in [0.25, 0.3) is 5.91 Å². The summed E-state index contributed by atoms with van der Waals surface area (Å²) in [5.74, 6) is -0.580. The molecule has 10 heteroatoms. The molecule has 0 unspecified atom stereocenters. The van der Waals surface area contributed by atoms with Crippen LogP contribution in [0.2, 0.25) is 0 Å². The van der Waals surface area contributed by atoms with Crippen LogP contribution in [0, 0.1) is 12.8 Å². The van der Waals surface area contributed by atoms with E-state index in [1.807, 2.05) is 5.38 Å². The number of nitrogens with zero attached hydrogens (tertiary/aromatic N) is 4. The molecule has 1 atom stereocenters. The average molecular weight is 371 g/mol. The van der Waals surface area contributed by atoms with Gasteiger partial charge in [0.2, 0.25) is 0 Å². The van der Waals surface area contributed by atoms with Gasteiger partial charge in [0.1, 0.15) is 11.4 Å². The van der Waals surface area contributed by atoms with Crippen LogP contribution in [-0.4, -0.2) is 31.6 Å². The molecule has 0 aliphatic carbocycles. The summed E-state index contributed by atoms with van der Waals surface area (Å²) in [6, 6.07) is 1.02. The predicted octanol–water partition coefficient (Wildman–Crippen LogP) is 2.99. The molecule has 0 fully saturated rings. The molecule has 0 spiro atoms. The summed E-state index contributed by atoms with van der Waals surface area (Å²) in [7, 11) is 0. The summed E-state index contributed by atoms with van der Waals surface area (Å²) in [6.45, 7) is 3.55. The van der Waals surface area contributed by atoms with Crippen LogP contribution in [0.5, 0.6) is 0 Å². The zero-order valence-electron chi connectivity index (χ0n) is 13.5. The molecule has 0 aliphatic rings. The van der Waals surface area contributed by atoms with Crippen molar-refractivity contribution < 1.29 is 18.0 Å². The Morgan fingerprint density at radius 2 is 2.20 bits per heavy atom. The van der Waals surface area contributed by atoms with Crippen LogP contribution >= 0.6 is 11.3 Å². The Morgan fingerprint density at radius 1 is 1.44 bits per heavy atom. The van der Waals surface area contributed by atoms with Crippen LogP contribution in [0.15, 0.2) is 23.8 Å². The first-order valence-electron chi connectivity index (χ1n) is 7.56. The lowest BCUT2D eigenvalue weighted by Gasteiger charge is -2.15. The molecule has 25 heavy (non-hydrogen) atoms. The molecular weight excluding hydrogens is 355 g/mol. The number of amides is 1. The molecule has 1 amide bonds. The molecule has 6 nitrogen and oxygen atoms in total. The number of alkyl halides is 3. The molecule has 134 valence electrons. The van der Waals surface area contributed by atoms with E-state index in [0.717, 1.165) is 10.7 Å². The number of fused-ring (bicyclic) bond motifs is 1. The minimum Gasteiger partial charge on any atom is -0.350 e. The molecule has 0 radical (unpaired) electrons. The number of carbonyl (C=O) groups excluding carboxylic acids is 1. The van der Waals surface area contributed by atoms with Gasteiger partial charge in [-0.3, -0.25) is 13.9 Å².